The quantitative estimate of drug-likeness (QED) is 0.415. The average Bonchev–Trinajstić information content (AvgIpc) is 2.86. The molecule has 35 heavy (non-hydrogen) atoms. The van der Waals surface area contributed by atoms with Gasteiger partial charge in [0.05, 0.1) is 18.8 Å². The van der Waals surface area contributed by atoms with Crippen LogP contribution in [0.15, 0.2) is 54.7 Å². The summed E-state index contributed by atoms with van der Waals surface area (Å²) in [6, 6.07) is 14.3. The molecule has 7 nitrogen and oxygen atoms in total. The fourth-order valence-corrected chi connectivity index (χ4v) is 4.69. The second-order valence-electron chi connectivity index (χ2n) is 8.46. The predicted octanol–water partition coefficient (Wildman–Crippen LogP) is 4.88. The van der Waals surface area contributed by atoms with Crippen molar-refractivity contribution >= 4 is 34.9 Å². The maximum absolute atomic E-state index is 12.9. The Labute approximate surface area is 214 Å². The van der Waals surface area contributed by atoms with Crippen molar-refractivity contribution in [3.8, 4) is 16.9 Å². The topological polar surface area (TPSA) is 98.5 Å². The molecule has 4 rings (SSSR count). The number of benzene rings is 2. The molecule has 3 aromatic rings. The second-order valence-corrected chi connectivity index (χ2v) is 9.27. The number of nitrogen functional groups attached to an aromatic ring is 1. The molecule has 2 heterocycles. The molecule has 3 atom stereocenters. The van der Waals surface area contributed by atoms with Crippen LogP contribution in [0.25, 0.3) is 11.1 Å². The zero-order valence-corrected chi connectivity index (χ0v) is 21.1. The molecule has 2 aromatic carbocycles. The second kappa shape index (κ2) is 11.3. The van der Waals surface area contributed by atoms with Gasteiger partial charge in [-0.25, -0.2) is 4.98 Å². The van der Waals surface area contributed by atoms with Crippen LogP contribution in [-0.2, 0) is 4.74 Å². The fourth-order valence-electron chi connectivity index (χ4n) is 3.99. The number of pyridine rings is 1. The van der Waals surface area contributed by atoms with Crippen LogP contribution >= 0.6 is 23.2 Å². The molecule has 1 aliphatic rings. The number of morpholine rings is 1. The highest BCUT2D eigenvalue weighted by atomic mass is 35.5. The Hall–Kier alpha value is -2.84. The number of hydrogen-bond donors (Lipinski definition) is 3. The van der Waals surface area contributed by atoms with Gasteiger partial charge in [0.2, 0.25) is 0 Å². The molecular formula is C26H28Cl2N4O3. The van der Waals surface area contributed by atoms with E-state index in [9.17, 15) is 4.79 Å². The van der Waals surface area contributed by atoms with Crippen LogP contribution < -0.4 is 21.1 Å². The van der Waals surface area contributed by atoms with Crippen molar-refractivity contribution in [2.45, 2.75) is 32.1 Å². The van der Waals surface area contributed by atoms with Crippen LogP contribution in [0.2, 0.25) is 10.0 Å². The summed E-state index contributed by atoms with van der Waals surface area (Å²) in [5.41, 5.74) is 8.86. The van der Waals surface area contributed by atoms with Crippen LogP contribution in [-0.4, -0.2) is 42.7 Å². The Morgan fingerprint density at radius 2 is 1.91 bits per heavy atom. The zero-order valence-electron chi connectivity index (χ0n) is 19.6. The number of amides is 1. The summed E-state index contributed by atoms with van der Waals surface area (Å²) in [7, 11) is 0. The van der Waals surface area contributed by atoms with Crippen LogP contribution in [0.5, 0.6) is 5.75 Å². The standard InChI is InChI=1S/C26H28Cl2N4O3/c1-15(23-14-30-9-10-34-23)32-26(33)18-6-3-5-17(11-18)19-12-22(25(29)31-13-19)35-16(2)24-20(27)7-4-8-21(24)28/h3-8,11-13,15-16,23,30H,9-10,14H2,1-2H3,(H2,29,31)(H,32,33). The minimum atomic E-state index is -0.453. The number of ether oxygens (including phenoxy) is 2. The molecule has 1 saturated heterocycles. The normalized spacial score (nSPS) is 17.4. The van der Waals surface area contributed by atoms with E-state index in [0.717, 1.165) is 17.7 Å². The summed E-state index contributed by atoms with van der Waals surface area (Å²) in [5, 5.41) is 7.33. The smallest absolute Gasteiger partial charge is 0.251 e. The van der Waals surface area contributed by atoms with E-state index in [1.807, 2.05) is 32.0 Å². The van der Waals surface area contributed by atoms with Crippen LogP contribution in [0.3, 0.4) is 0 Å². The Morgan fingerprint density at radius 3 is 2.63 bits per heavy atom. The predicted molar refractivity (Wildman–Crippen MR) is 139 cm³/mol. The van der Waals surface area contributed by atoms with Crippen molar-refractivity contribution in [1.82, 2.24) is 15.6 Å². The van der Waals surface area contributed by atoms with Crippen molar-refractivity contribution in [3.05, 3.63) is 75.9 Å². The summed E-state index contributed by atoms with van der Waals surface area (Å²) in [6.07, 6.45) is 1.13. The van der Waals surface area contributed by atoms with E-state index < -0.39 is 6.10 Å². The van der Waals surface area contributed by atoms with E-state index in [0.29, 0.717) is 40.1 Å². The van der Waals surface area contributed by atoms with E-state index >= 15 is 0 Å². The number of anilines is 1. The molecule has 0 radical (unpaired) electrons. The molecule has 3 unspecified atom stereocenters. The van der Waals surface area contributed by atoms with Gasteiger partial charge in [-0.2, -0.15) is 0 Å². The molecule has 0 bridgehead atoms. The molecule has 0 aliphatic carbocycles. The first-order chi connectivity index (χ1) is 16.8. The summed E-state index contributed by atoms with van der Waals surface area (Å²) in [4.78, 5) is 17.2. The Bertz CT molecular complexity index is 1180. The number of carbonyl (C=O) groups is 1. The molecule has 9 heteroatoms. The first-order valence-electron chi connectivity index (χ1n) is 11.4. The Morgan fingerprint density at radius 1 is 1.17 bits per heavy atom. The monoisotopic (exact) mass is 514 g/mol. The highest BCUT2D eigenvalue weighted by Crippen LogP contribution is 2.35. The maximum Gasteiger partial charge on any atom is 0.251 e. The number of rotatable bonds is 7. The minimum Gasteiger partial charge on any atom is -0.482 e. The van der Waals surface area contributed by atoms with E-state index in [4.69, 9.17) is 38.4 Å². The number of nitrogens with one attached hydrogen (secondary N) is 2. The Kier molecular flexibility index (Phi) is 8.13. The molecule has 1 fully saturated rings. The zero-order chi connectivity index (χ0) is 24.9. The largest absolute Gasteiger partial charge is 0.482 e. The maximum atomic E-state index is 12.9. The van der Waals surface area contributed by atoms with Gasteiger partial charge >= 0.3 is 0 Å². The number of carbonyl (C=O) groups excluding carboxylic acids is 1. The van der Waals surface area contributed by atoms with Gasteiger partial charge in [0, 0.05) is 46.0 Å². The van der Waals surface area contributed by atoms with Gasteiger partial charge in [-0.05, 0) is 49.7 Å². The number of aromatic nitrogens is 1. The summed E-state index contributed by atoms with van der Waals surface area (Å²) >= 11 is 12.7. The first-order valence-corrected chi connectivity index (χ1v) is 12.2. The average molecular weight is 515 g/mol. The lowest BCUT2D eigenvalue weighted by Gasteiger charge is -2.29. The van der Waals surface area contributed by atoms with E-state index in [1.165, 1.54) is 0 Å². The van der Waals surface area contributed by atoms with Gasteiger partial charge in [-0.1, -0.05) is 41.4 Å². The van der Waals surface area contributed by atoms with Gasteiger partial charge in [0.15, 0.2) is 11.6 Å². The molecule has 4 N–H and O–H groups in total. The lowest BCUT2D eigenvalue weighted by atomic mass is 10.0. The van der Waals surface area contributed by atoms with E-state index in [2.05, 4.69) is 15.6 Å². The lowest BCUT2D eigenvalue weighted by molar-refractivity contribution is 0.00860. The van der Waals surface area contributed by atoms with Gasteiger partial charge in [-0.15, -0.1) is 0 Å². The van der Waals surface area contributed by atoms with E-state index in [1.54, 1.807) is 36.5 Å². The lowest BCUT2D eigenvalue weighted by Crippen LogP contribution is -2.50. The minimum absolute atomic E-state index is 0.0644. The Balaban J connectivity index is 1.52. The molecule has 1 amide bonds. The van der Waals surface area contributed by atoms with Crippen molar-refractivity contribution in [2.24, 2.45) is 0 Å². The number of halogens is 2. The summed E-state index contributed by atoms with van der Waals surface area (Å²) < 4.78 is 11.8. The van der Waals surface area contributed by atoms with E-state index in [-0.39, 0.29) is 23.9 Å². The molecule has 1 aromatic heterocycles. The third-order valence-corrected chi connectivity index (χ3v) is 6.58. The van der Waals surface area contributed by atoms with Crippen LogP contribution in [0.4, 0.5) is 5.82 Å². The summed E-state index contributed by atoms with van der Waals surface area (Å²) in [6.45, 7) is 5.95. The number of hydrogen-bond acceptors (Lipinski definition) is 6. The number of nitrogens with zero attached hydrogens (tertiary/aromatic N) is 1. The molecule has 0 saturated carbocycles. The van der Waals surface area contributed by atoms with Crippen molar-refractivity contribution < 1.29 is 14.3 Å². The molecule has 0 spiro atoms. The first kappa shape index (κ1) is 25.3. The summed E-state index contributed by atoms with van der Waals surface area (Å²) in [5.74, 6) is 0.472. The van der Waals surface area contributed by atoms with Crippen molar-refractivity contribution in [3.63, 3.8) is 0 Å². The van der Waals surface area contributed by atoms with Gasteiger partial charge in [-0.3, -0.25) is 4.79 Å². The van der Waals surface area contributed by atoms with Crippen LogP contribution in [0.1, 0.15) is 35.9 Å². The highest BCUT2D eigenvalue weighted by Gasteiger charge is 2.23. The third-order valence-electron chi connectivity index (χ3n) is 5.92. The van der Waals surface area contributed by atoms with Gasteiger partial charge < -0.3 is 25.8 Å². The van der Waals surface area contributed by atoms with Crippen molar-refractivity contribution in [1.29, 1.82) is 0 Å². The molecular weight excluding hydrogens is 487 g/mol. The molecule has 1 aliphatic heterocycles. The SMILES string of the molecule is CC(Oc1cc(-c2cccc(C(=O)NC(C)C3CNCCO3)c2)cnc1N)c1c(Cl)cccc1Cl. The van der Waals surface area contributed by atoms with Crippen LogP contribution in [0, 0.1) is 0 Å². The van der Waals surface area contributed by atoms with Gasteiger partial charge in [0.1, 0.15) is 6.10 Å². The number of nitrogens with two attached hydrogens (primary N) is 1. The van der Waals surface area contributed by atoms with Crippen molar-refractivity contribution in [2.75, 3.05) is 25.4 Å². The molecule has 184 valence electrons. The van der Waals surface area contributed by atoms with Gasteiger partial charge in [0.25, 0.3) is 5.91 Å². The fraction of sp³-hybridized carbons (Fsp3) is 0.308. The third kappa shape index (κ3) is 6.05. The highest BCUT2D eigenvalue weighted by molar-refractivity contribution is 6.36.